The van der Waals surface area contributed by atoms with E-state index in [9.17, 15) is 34.6 Å². The van der Waals surface area contributed by atoms with Gasteiger partial charge in [-0.1, -0.05) is 17.7 Å². The van der Waals surface area contributed by atoms with E-state index in [2.05, 4.69) is 4.18 Å². The highest BCUT2D eigenvalue weighted by molar-refractivity contribution is 7.87. The second kappa shape index (κ2) is 6.18. The van der Waals surface area contributed by atoms with Gasteiger partial charge in [0, 0.05) is 0 Å². The quantitative estimate of drug-likeness (QED) is 0.638. The molecule has 126 valence electrons. The number of halogens is 5. The number of alkyl halides is 5. The van der Waals surface area contributed by atoms with E-state index in [-0.39, 0.29) is 4.90 Å². The molecule has 0 aliphatic carbocycles. The van der Waals surface area contributed by atoms with Crippen LogP contribution in [-0.2, 0) is 25.4 Å². The highest BCUT2D eigenvalue weighted by atomic mass is 32.2. The summed E-state index contributed by atoms with van der Waals surface area (Å²) in [4.78, 5) is -0.383. The van der Waals surface area contributed by atoms with Gasteiger partial charge in [0.2, 0.25) is 0 Å². The molecule has 0 bridgehead atoms. The fourth-order valence-corrected chi connectivity index (χ4v) is 2.62. The van der Waals surface area contributed by atoms with Gasteiger partial charge in [0.05, 0.1) is 4.90 Å². The van der Waals surface area contributed by atoms with Crippen LogP contribution >= 0.6 is 0 Å². The van der Waals surface area contributed by atoms with E-state index in [0.29, 0.717) is 5.56 Å². The number of hydrogen-bond acceptors (Lipinski definition) is 4. The summed E-state index contributed by atoms with van der Waals surface area (Å²) < 4.78 is 109. The van der Waals surface area contributed by atoms with Crippen molar-refractivity contribution in [2.45, 2.75) is 29.4 Å². The van der Waals surface area contributed by atoms with Crippen LogP contribution in [0.25, 0.3) is 0 Å². The summed E-state index contributed by atoms with van der Waals surface area (Å²) in [5.74, 6) is 0. The molecule has 0 amide bonds. The predicted octanol–water partition coefficient (Wildman–Crippen LogP) is 2.45. The Hall–Kier alpha value is -1.11. The Kier molecular flexibility index (Phi) is 5.32. The highest BCUT2D eigenvalue weighted by Gasteiger charge is 2.65. The zero-order chi connectivity index (χ0) is 17.3. The van der Waals surface area contributed by atoms with E-state index in [1.807, 2.05) is 0 Å². The lowest BCUT2D eigenvalue weighted by Gasteiger charge is -2.25. The van der Waals surface area contributed by atoms with Crippen LogP contribution in [0.15, 0.2) is 29.2 Å². The Balaban J connectivity index is 3.16. The summed E-state index contributed by atoms with van der Waals surface area (Å²) in [7, 11) is -6.43. The van der Waals surface area contributed by atoms with E-state index < -0.39 is 38.7 Å². The molecule has 0 aliphatic rings. The average Bonchev–Trinajstić information content (AvgIpc) is 2.33. The number of aryl methyl sites for hydroxylation is 1. The van der Waals surface area contributed by atoms with Crippen LogP contribution in [-0.4, -0.2) is 34.7 Å². The lowest BCUT2D eigenvalue weighted by atomic mass is 10.2. The van der Waals surface area contributed by atoms with Crippen molar-refractivity contribution in [3.63, 3.8) is 0 Å². The van der Waals surface area contributed by atoms with Gasteiger partial charge in [0.1, 0.15) is 0 Å². The molecule has 0 aromatic heterocycles. The molecule has 1 aromatic carbocycles. The first kappa shape index (κ1) is 18.9. The molecular weight excluding hydrogens is 359 g/mol. The number of rotatable bonds is 5. The van der Waals surface area contributed by atoms with Gasteiger partial charge in [-0.25, -0.2) is 4.21 Å². The Morgan fingerprint density at radius 3 is 1.95 bits per heavy atom. The van der Waals surface area contributed by atoms with Crippen LogP contribution in [0.2, 0.25) is 0 Å². The van der Waals surface area contributed by atoms with Crippen LogP contribution in [0, 0.1) is 6.92 Å². The number of benzene rings is 1. The summed E-state index contributed by atoms with van der Waals surface area (Å²) in [6, 6.07) is 4.79. The fourth-order valence-electron chi connectivity index (χ4n) is 1.23. The molecule has 5 nitrogen and oxygen atoms in total. The first-order chi connectivity index (χ1) is 9.76. The Bertz CT molecular complexity index is 653. The largest absolute Gasteiger partial charge is 0.423 e. The fraction of sp³-hybridized carbons (Fsp3) is 0.400. The summed E-state index contributed by atoms with van der Waals surface area (Å²) >= 11 is -3.03. The Morgan fingerprint density at radius 2 is 1.59 bits per heavy atom. The summed E-state index contributed by atoms with van der Waals surface area (Å²) in [6.07, 6.45) is -10.2. The Labute approximate surface area is 124 Å². The van der Waals surface area contributed by atoms with Gasteiger partial charge in [0.25, 0.3) is 6.10 Å². The van der Waals surface area contributed by atoms with Gasteiger partial charge in [0.15, 0.2) is 11.1 Å². The van der Waals surface area contributed by atoms with Crippen molar-refractivity contribution in [3.05, 3.63) is 29.8 Å². The van der Waals surface area contributed by atoms with Crippen LogP contribution in [0.3, 0.4) is 0 Å². The monoisotopic (exact) mass is 368 g/mol. The lowest BCUT2D eigenvalue weighted by Crippen LogP contribution is -2.51. The van der Waals surface area contributed by atoms with Gasteiger partial charge in [-0.05, 0) is 19.1 Å². The van der Waals surface area contributed by atoms with Crippen LogP contribution < -0.4 is 0 Å². The summed E-state index contributed by atoms with van der Waals surface area (Å²) in [5, 5.41) is -5.72. The molecule has 2 atom stereocenters. The molecule has 0 saturated carbocycles. The smallest absolute Gasteiger partial charge is 0.281 e. The van der Waals surface area contributed by atoms with Gasteiger partial charge >= 0.3 is 21.5 Å². The molecule has 0 saturated heterocycles. The van der Waals surface area contributed by atoms with E-state index >= 15 is 0 Å². The topological polar surface area (TPSA) is 80.7 Å². The van der Waals surface area contributed by atoms with Crippen LogP contribution in [0.5, 0.6) is 0 Å². The van der Waals surface area contributed by atoms with Crippen LogP contribution in [0.4, 0.5) is 22.0 Å². The number of hydrogen-bond donors (Lipinski definition) is 1. The van der Waals surface area contributed by atoms with Gasteiger partial charge in [-0.2, -0.15) is 30.4 Å². The van der Waals surface area contributed by atoms with E-state index in [1.165, 1.54) is 12.1 Å². The van der Waals surface area contributed by atoms with Crippen molar-refractivity contribution in [3.8, 4) is 0 Å². The summed E-state index contributed by atoms with van der Waals surface area (Å²) in [6.45, 7) is 1.61. The zero-order valence-electron chi connectivity index (χ0n) is 10.7. The minimum Gasteiger partial charge on any atom is -0.281 e. The molecular formula is C10H9F5O5S2. The third-order valence-electron chi connectivity index (χ3n) is 2.34. The first-order valence-corrected chi connectivity index (χ1v) is 7.85. The first-order valence-electron chi connectivity index (χ1n) is 5.34. The Morgan fingerprint density at radius 1 is 1.14 bits per heavy atom. The second-order valence-corrected chi connectivity index (χ2v) is 6.73. The van der Waals surface area contributed by atoms with Crippen molar-refractivity contribution in [1.29, 1.82) is 0 Å². The lowest BCUT2D eigenvalue weighted by molar-refractivity contribution is -0.236. The predicted molar refractivity (Wildman–Crippen MR) is 65.0 cm³/mol. The van der Waals surface area contributed by atoms with E-state index in [0.717, 1.165) is 12.1 Å². The maximum absolute atomic E-state index is 13.2. The SMILES string of the molecule is Cc1ccc(S(=O)OC(C(F)(F)F)C(F)(F)S(=O)(=O)O)cc1. The minimum atomic E-state index is -6.43. The zero-order valence-corrected chi connectivity index (χ0v) is 12.3. The minimum absolute atomic E-state index is 0.383. The maximum Gasteiger partial charge on any atom is 0.423 e. The molecule has 0 spiro atoms. The molecule has 1 aromatic rings. The second-order valence-electron chi connectivity index (χ2n) is 4.10. The molecule has 1 rings (SSSR count). The van der Waals surface area contributed by atoms with Crippen molar-refractivity contribution in [1.82, 2.24) is 0 Å². The van der Waals surface area contributed by atoms with Crippen molar-refractivity contribution in [2.24, 2.45) is 0 Å². The van der Waals surface area contributed by atoms with E-state index in [4.69, 9.17) is 4.55 Å². The van der Waals surface area contributed by atoms with Crippen molar-refractivity contribution < 1.29 is 43.3 Å². The van der Waals surface area contributed by atoms with Gasteiger partial charge in [-0.3, -0.25) is 8.74 Å². The van der Waals surface area contributed by atoms with Crippen molar-refractivity contribution in [2.75, 3.05) is 0 Å². The molecule has 22 heavy (non-hydrogen) atoms. The normalized spacial score (nSPS) is 16.3. The maximum atomic E-state index is 13.2. The highest BCUT2D eigenvalue weighted by Crippen LogP contribution is 2.39. The molecule has 1 N–H and O–H groups in total. The standard InChI is InChI=1S/C10H9F5O5S2/c1-6-2-4-7(5-3-6)21(16)20-8(9(11,12)13)10(14,15)22(17,18)19/h2-5,8H,1H3,(H,17,18,19). The molecule has 2 unspecified atom stereocenters. The van der Waals surface area contributed by atoms with Gasteiger partial charge < -0.3 is 0 Å². The van der Waals surface area contributed by atoms with Crippen molar-refractivity contribution >= 4 is 21.2 Å². The third-order valence-corrected chi connectivity index (χ3v) is 4.27. The van der Waals surface area contributed by atoms with Crippen LogP contribution in [0.1, 0.15) is 5.56 Å². The van der Waals surface area contributed by atoms with E-state index in [1.54, 1.807) is 6.92 Å². The molecule has 0 heterocycles. The molecule has 12 heteroatoms. The summed E-state index contributed by atoms with van der Waals surface area (Å²) in [5.41, 5.74) is 0.649. The molecule has 0 radical (unpaired) electrons. The average molecular weight is 368 g/mol. The molecule has 0 fully saturated rings. The third kappa shape index (κ3) is 4.21. The van der Waals surface area contributed by atoms with Gasteiger partial charge in [-0.15, -0.1) is 0 Å². The molecule has 0 aliphatic heterocycles.